The van der Waals surface area contributed by atoms with Crippen molar-refractivity contribution in [3.05, 3.63) is 48.5 Å². The van der Waals surface area contributed by atoms with E-state index in [9.17, 15) is 16.8 Å². The topological polar surface area (TPSA) is 101 Å². The quantitative estimate of drug-likeness (QED) is 0.836. The van der Waals surface area contributed by atoms with Crippen molar-refractivity contribution in [2.24, 2.45) is 0 Å². The van der Waals surface area contributed by atoms with E-state index in [2.05, 4.69) is 4.72 Å². The van der Waals surface area contributed by atoms with Crippen LogP contribution in [-0.2, 0) is 20.1 Å². The Morgan fingerprint density at radius 2 is 1.24 bits per heavy atom. The van der Waals surface area contributed by atoms with E-state index in [0.717, 1.165) is 17.4 Å². The zero-order chi connectivity index (χ0) is 15.7. The maximum Gasteiger partial charge on any atom is 0.294 e. The SMILES string of the molecule is CS(=O)(=O)Nc1ccc(-c2ccc(S(=O)(=O)O)cc2)cc1. The summed E-state index contributed by atoms with van der Waals surface area (Å²) in [5, 5.41) is 0. The average molecular weight is 327 g/mol. The Labute approximate surface area is 123 Å². The molecule has 0 radical (unpaired) electrons. The van der Waals surface area contributed by atoms with Gasteiger partial charge >= 0.3 is 0 Å². The fourth-order valence-electron chi connectivity index (χ4n) is 1.76. The predicted molar refractivity (Wildman–Crippen MR) is 80.2 cm³/mol. The molecule has 0 atom stereocenters. The van der Waals surface area contributed by atoms with Crippen molar-refractivity contribution < 1.29 is 21.4 Å². The molecule has 2 N–H and O–H groups in total. The number of nitrogens with one attached hydrogen (secondary N) is 1. The molecule has 0 saturated carbocycles. The Kier molecular flexibility index (Phi) is 4.04. The molecule has 0 unspecified atom stereocenters. The molecule has 0 aliphatic heterocycles. The second-order valence-electron chi connectivity index (χ2n) is 4.45. The van der Waals surface area contributed by atoms with Gasteiger partial charge in [-0.25, -0.2) is 8.42 Å². The van der Waals surface area contributed by atoms with Crippen molar-refractivity contribution >= 4 is 25.8 Å². The van der Waals surface area contributed by atoms with Gasteiger partial charge in [0.05, 0.1) is 11.2 Å². The maximum atomic E-state index is 11.1. The highest BCUT2D eigenvalue weighted by molar-refractivity contribution is 7.92. The van der Waals surface area contributed by atoms with Crippen LogP contribution in [0.2, 0.25) is 0 Å². The van der Waals surface area contributed by atoms with E-state index in [0.29, 0.717) is 5.69 Å². The van der Waals surface area contributed by atoms with Crippen LogP contribution >= 0.6 is 0 Å². The van der Waals surface area contributed by atoms with Crippen molar-refractivity contribution in [2.45, 2.75) is 4.90 Å². The van der Waals surface area contributed by atoms with Gasteiger partial charge in [-0.3, -0.25) is 9.27 Å². The minimum absolute atomic E-state index is 0.179. The van der Waals surface area contributed by atoms with E-state index in [1.165, 1.54) is 12.1 Å². The van der Waals surface area contributed by atoms with Crippen molar-refractivity contribution in [3.63, 3.8) is 0 Å². The second-order valence-corrected chi connectivity index (χ2v) is 7.62. The van der Waals surface area contributed by atoms with Gasteiger partial charge in [0.1, 0.15) is 0 Å². The first kappa shape index (κ1) is 15.5. The van der Waals surface area contributed by atoms with E-state index in [1.54, 1.807) is 36.4 Å². The van der Waals surface area contributed by atoms with Crippen molar-refractivity contribution in [1.29, 1.82) is 0 Å². The summed E-state index contributed by atoms with van der Waals surface area (Å²) in [6, 6.07) is 12.3. The lowest BCUT2D eigenvalue weighted by atomic mass is 10.1. The number of benzene rings is 2. The number of hydrogen-bond acceptors (Lipinski definition) is 4. The van der Waals surface area contributed by atoms with Crippen molar-refractivity contribution in [3.8, 4) is 11.1 Å². The summed E-state index contributed by atoms with van der Waals surface area (Å²) in [5.41, 5.74) is 1.97. The van der Waals surface area contributed by atoms with E-state index < -0.39 is 20.1 Å². The molecular formula is C13H13NO5S2. The van der Waals surface area contributed by atoms with Crippen LogP contribution in [0, 0.1) is 0 Å². The van der Waals surface area contributed by atoms with Gasteiger partial charge in [-0.1, -0.05) is 24.3 Å². The van der Waals surface area contributed by atoms with Gasteiger partial charge in [-0.2, -0.15) is 8.42 Å². The second kappa shape index (κ2) is 5.47. The summed E-state index contributed by atoms with van der Waals surface area (Å²) in [5.74, 6) is 0. The van der Waals surface area contributed by atoms with Gasteiger partial charge in [-0.15, -0.1) is 0 Å². The van der Waals surface area contributed by atoms with Crippen molar-refractivity contribution in [1.82, 2.24) is 0 Å². The summed E-state index contributed by atoms with van der Waals surface area (Å²) in [6.07, 6.45) is 1.06. The molecule has 112 valence electrons. The lowest BCUT2D eigenvalue weighted by Gasteiger charge is -2.06. The van der Waals surface area contributed by atoms with Crippen LogP contribution in [0.25, 0.3) is 11.1 Å². The smallest absolute Gasteiger partial charge is 0.284 e. The van der Waals surface area contributed by atoms with Crippen LogP contribution in [-0.4, -0.2) is 27.6 Å². The highest BCUT2D eigenvalue weighted by atomic mass is 32.2. The first-order valence-electron chi connectivity index (χ1n) is 5.81. The van der Waals surface area contributed by atoms with Crippen LogP contribution in [0.3, 0.4) is 0 Å². The third-order valence-electron chi connectivity index (χ3n) is 2.67. The molecule has 0 saturated heterocycles. The molecule has 0 bridgehead atoms. The third kappa shape index (κ3) is 4.28. The van der Waals surface area contributed by atoms with Gasteiger partial charge in [0, 0.05) is 5.69 Å². The third-order valence-corrected chi connectivity index (χ3v) is 4.15. The summed E-state index contributed by atoms with van der Waals surface area (Å²) in [7, 11) is -7.53. The zero-order valence-corrected chi connectivity index (χ0v) is 12.6. The van der Waals surface area contributed by atoms with E-state index in [1.807, 2.05) is 0 Å². The lowest BCUT2D eigenvalue weighted by Crippen LogP contribution is -2.09. The molecule has 0 spiro atoms. The van der Waals surface area contributed by atoms with E-state index >= 15 is 0 Å². The van der Waals surface area contributed by atoms with E-state index in [4.69, 9.17) is 4.55 Å². The minimum atomic E-state index is -4.21. The van der Waals surface area contributed by atoms with Crippen LogP contribution in [0.15, 0.2) is 53.4 Å². The normalized spacial score (nSPS) is 12.1. The number of hydrogen-bond donors (Lipinski definition) is 2. The lowest BCUT2D eigenvalue weighted by molar-refractivity contribution is 0.483. The Balaban J connectivity index is 2.27. The van der Waals surface area contributed by atoms with Crippen LogP contribution in [0.1, 0.15) is 0 Å². The first-order valence-corrected chi connectivity index (χ1v) is 9.14. The standard InChI is InChI=1S/C13H13NO5S2/c1-20(15,16)14-12-6-2-10(3-7-12)11-4-8-13(9-5-11)21(17,18)19/h2-9,14H,1H3,(H,17,18,19). The molecule has 2 aromatic rings. The molecular weight excluding hydrogens is 314 g/mol. The zero-order valence-electron chi connectivity index (χ0n) is 11.0. The average Bonchev–Trinajstić information content (AvgIpc) is 2.37. The number of sulfonamides is 1. The monoisotopic (exact) mass is 327 g/mol. The first-order chi connectivity index (χ1) is 9.65. The van der Waals surface area contributed by atoms with Gasteiger partial charge in [0.2, 0.25) is 10.0 Å². The largest absolute Gasteiger partial charge is 0.294 e. The number of rotatable bonds is 4. The number of anilines is 1. The van der Waals surface area contributed by atoms with Crippen LogP contribution < -0.4 is 4.72 Å². The predicted octanol–water partition coefficient (Wildman–Crippen LogP) is 1.97. The van der Waals surface area contributed by atoms with Crippen LogP contribution in [0.4, 0.5) is 5.69 Å². The van der Waals surface area contributed by atoms with Crippen LogP contribution in [0.5, 0.6) is 0 Å². The molecule has 0 fully saturated rings. The molecule has 0 heterocycles. The molecule has 0 amide bonds. The summed E-state index contributed by atoms with van der Waals surface area (Å²) < 4.78 is 55.3. The molecule has 8 heteroatoms. The Morgan fingerprint density at radius 3 is 1.62 bits per heavy atom. The fraction of sp³-hybridized carbons (Fsp3) is 0.0769. The summed E-state index contributed by atoms with van der Waals surface area (Å²) in [4.78, 5) is -0.179. The summed E-state index contributed by atoms with van der Waals surface area (Å²) in [6.45, 7) is 0. The molecule has 0 aromatic heterocycles. The molecule has 2 rings (SSSR count). The molecule has 6 nitrogen and oxygen atoms in total. The minimum Gasteiger partial charge on any atom is -0.284 e. The van der Waals surface area contributed by atoms with Gasteiger partial charge in [-0.05, 0) is 35.4 Å². The molecule has 0 aliphatic carbocycles. The highest BCUT2D eigenvalue weighted by Gasteiger charge is 2.09. The Hall–Kier alpha value is -1.90. The van der Waals surface area contributed by atoms with Gasteiger partial charge in [0.25, 0.3) is 10.1 Å². The molecule has 2 aromatic carbocycles. The van der Waals surface area contributed by atoms with Crippen molar-refractivity contribution in [2.75, 3.05) is 11.0 Å². The maximum absolute atomic E-state index is 11.1. The van der Waals surface area contributed by atoms with Gasteiger partial charge < -0.3 is 0 Å². The molecule has 0 aliphatic rings. The molecule has 21 heavy (non-hydrogen) atoms. The Morgan fingerprint density at radius 1 is 0.810 bits per heavy atom. The fourth-order valence-corrected chi connectivity index (χ4v) is 2.81. The highest BCUT2D eigenvalue weighted by Crippen LogP contribution is 2.23. The Bertz CT molecular complexity index is 838. The van der Waals surface area contributed by atoms with E-state index in [-0.39, 0.29) is 4.90 Å². The van der Waals surface area contributed by atoms with Gasteiger partial charge in [0.15, 0.2) is 0 Å². The summed E-state index contributed by atoms with van der Waals surface area (Å²) >= 11 is 0.